The highest BCUT2D eigenvalue weighted by Gasteiger charge is 2.28. The van der Waals surface area contributed by atoms with E-state index in [1.165, 1.54) is 32.4 Å². The van der Waals surface area contributed by atoms with Gasteiger partial charge in [-0.05, 0) is 13.0 Å². The number of hydrogen-bond donors (Lipinski definition) is 2. The van der Waals surface area contributed by atoms with E-state index in [0.717, 1.165) is 4.52 Å². The van der Waals surface area contributed by atoms with E-state index in [1.807, 2.05) is 4.72 Å². The summed E-state index contributed by atoms with van der Waals surface area (Å²) >= 11 is 5.95. The summed E-state index contributed by atoms with van der Waals surface area (Å²) in [6.07, 6.45) is 0. The third-order valence-electron chi connectivity index (χ3n) is 3.33. The van der Waals surface area contributed by atoms with Gasteiger partial charge in [-0.2, -0.15) is 17.9 Å². The summed E-state index contributed by atoms with van der Waals surface area (Å²) in [7, 11) is -1.69. The molecule has 0 fully saturated rings. The maximum Gasteiger partial charge on any atom is 0.335 e. The number of sulfonamides is 1. The van der Waals surface area contributed by atoms with E-state index in [9.17, 15) is 13.2 Å². The van der Waals surface area contributed by atoms with Gasteiger partial charge in [0.15, 0.2) is 10.8 Å². The molecule has 0 spiro atoms. The molecule has 3 heterocycles. The van der Waals surface area contributed by atoms with Crippen LogP contribution in [0.4, 0.5) is 10.7 Å². The van der Waals surface area contributed by atoms with E-state index in [-0.39, 0.29) is 28.5 Å². The number of nitrogens with zero attached hydrogens (tertiary/aromatic N) is 5. The Labute approximate surface area is 163 Å². The number of imidazole rings is 1. The maximum absolute atomic E-state index is 12.7. The Morgan fingerprint density at radius 3 is 2.54 bits per heavy atom. The number of urea groups is 1. The predicted octanol–water partition coefficient (Wildman–Crippen LogP) is 1.01. The lowest BCUT2D eigenvalue weighted by atomic mass is 10.4. The van der Waals surface area contributed by atoms with E-state index < -0.39 is 21.1 Å². The molecule has 28 heavy (non-hydrogen) atoms. The molecule has 3 aromatic rings. The second-order valence-corrected chi connectivity index (χ2v) is 7.24. The van der Waals surface area contributed by atoms with Crippen molar-refractivity contribution in [3.63, 3.8) is 0 Å². The zero-order valence-electron chi connectivity index (χ0n) is 14.8. The van der Waals surface area contributed by atoms with Gasteiger partial charge < -0.3 is 9.47 Å². The van der Waals surface area contributed by atoms with Crippen molar-refractivity contribution in [3.05, 3.63) is 29.0 Å². The molecular formula is C14H14ClN7O5S. The summed E-state index contributed by atoms with van der Waals surface area (Å²) in [4.78, 5) is 23.9. The number of ether oxygens (including phenoxy) is 2. The van der Waals surface area contributed by atoms with Crippen molar-refractivity contribution >= 4 is 39.3 Å². The third kappa shape index (κ3) is 3.89. The Morgan fingerprint density at radius 1 is 1.14 bits per heavy atom. The molecule has 2 amide bonds. The number of anilines is 1. The molecular weight excluding hydrogens is 414 g/mol. The summed E-state index contributed by atoms with van der Waals surface area (Å²) < 4.78 is 38.0. The normalized spacial score (nSPS) is 11.3. The predicted molar refractivity (Wildman–Crippen MR) is 97.2 cm³/mol. The number of fused-ring (bicyclic) bond motifs is 1. The molecule has 0 aromatic carbocycles. The lowest BCUT2D eigenvalue weighted by Gasteiger charge is -2.09. The van der Waals surface area contributed by atoms with E-state index >= 15 is 0 Å². The van der Waals surface area contributed by atoms with Crippen LogP contribution in [0, 0.1) is 6.92 Å². The zero-order valence-corrected chi connectivity index (χ0v) is 16.4. The fraction of sp³-hybridized carbons (Fsp3) is 0.214. The number of carbonyl (C=O) groups is 1. The Morgan fingerprint density at radius 2 is 1.86 bits per heavy atom. The molecule has 3 aromatic heterocycles. The highest BCUT2D eigenvalue weighted by atomic mass is 35.5. The van der Waals surface area contributed by atoms with Crippen molar-refractivity contribution in [3.8, 4) is 11.8 Å². The molecule has 0 atom stereocenters. The van der Waals surface area contributed by atoms with E-state index in [1.54, 1.807) is 6.92 Å². The van der Waals surface area contributed by atoms with Gasteiger partial charge in [0.05, 0.1) is 14.2 Å². The summed E-state index contributed by atoms with van der Waals surface area (Å²) in [5.74, 6) is 0.183. The maximum atomic E-state index is 12.7. The number of amides is 2. The van der Waals surface area contributed by atoms with Gasteiger partial charge in [-0.1, -0.05) is 11.6 Å². The monoisotopic (exact) mass is 427 g/mol. The van der Waals surface area contributed by atoms with Crippen LogP contribution in [0.25, 0.3) is 5.65 Å². The van der Waals surface area contributed by atoms with E-state index in [0.29, 0.717) is 5.69 Å². The molecule has 12 nitrogen and oxygen atoms in total. The van der Waals surface area contributed by atoms with Crippen molar-refractivity contribution in [2.45, 2.75) is 11.9 Å². The quantitative estimate of drug-likeness (QED) is 0.607. The Kier molecular flexibility index (Phi) is 5.20. The minimum Gasteiger partial charge on any atom is -0.481 e. The first-order valence-corrected chi connectivity index (χ1v) is 9.42. The lowest BCUT2D eigenvalue weighted by molar-refractivity contribution is 0.256. The minimum atomic E-state index is -4.44. The molecule has 0 aliphatic carbocycles. The van der Waals surface area contributed by atoms with Gasteiger partial charge in [-0.3, -0.25) is 5.32 Å². The van der Waals surface area contributed by atoms with Gasteiger partial charge in [-0.25, -0.2) is 19.5 Å². The van der Waals surface area contributed by atoms with Gasteiger partial charge in [0.1, 0.15) is 0 Å². The van der Waals surface area contributed by atoms with Crippen LogP contribution in [0.2, 0.25) is 5.15 Å². The molecule has 14 heteroatoms. The molecule has 0 unspecified atom stereocenters. The number of methoxy groups -OCH3 is 2. The zero-order chi connectivity index (χ0) is 20.5. The van der Waals surface area contributed by atoms with Gasteiger partial charge in [0, 0.05) is 17.8 Å². The van der Waals surface area contributed by atoms with Crippen LogP contribution >= 0.6 is 11.6 Å². The van der Waals surface area contributed by atoms with Gasteiger partial charge in [0.25, 0.3) is 10.0 Å². The largest absolute Gasteiger partial charge is 0.481 e. The number of carbonyl (C=O) groups excluding carboxylic acids is 1. The molecule has 0 saturated heterocycles. The molecule has 3 rings (SSSR count). The summed E-state index contributed by atoms with van der Waals surface area (Å²) in [5.41, 5.74) is 0.657. The van der Waals surface area contributed by atoms with Crippen LogP contribution in [0.15, 0.2) is 23.2 Å². The van der Waals surface area contributed by atoms with Gasteiger partial charge in [-0.15, -0.1) is 5.10 Å². The number of aryl methyl sites for hydroxylation is 1. The van der Waals surface area contributed by atoms with Crippen LogP contribution in [0.5, 0.6) is 11.8 Å². The van der Waals surface area contributed by atoms with Gasteiger partial charge >= 0.3 is 6.03 Å². The van der Waals surface area contributed by atoms with Crippen LogP contribution in [-0.2, 0) is 10.0 Å². The number of rotatable bonds is 5. The SMILES string of the molecule is COc1cc(C)nc(NC(=O)NS(=O)(=O)c2c(Cl)nc3ccc(OC)nn23)n1. The van der Waals surface area contributed by atoms with Crippen LogP contribution in [-0.4, -0.2) is 53.2 Å². The second kappa shape index (κ2) is 7.44. The van der Waals surface area contributed by atoms with Crippen LogP contribution in [0.1, 0.15) is 5.69 Å². The van der Waals surface area contributed by atoms with E-state index in [4.69, 9.17) is 21.1 Å². The molecule has 0 bridgehead atoms. The first kappa shape index (κ1) is 19.6. The minimum absolute atomic E-state index is 0.128. The first-order valence-electron chi connectivity index (χ1n) is 7.56. The smallest absolute Gasteiger partial charge is 0.335 e. The fourth-order valence-corrected chi connectivity index (χ4v) is 3.69. The Bertz CT molecular complexity index is 1160. The number of hydrogen-bond acceptors (Lipinski definition) is 9. The third-order valence-corrected chi connectivity index (χ3v) is 5.03. The molecule has 148 valence electrons. The Hall–Kier alpha value is -3.19. The number of aromatic nitrogens is 5. The first-order chi connectivity index (χ1) is 13.2. The molecule has 0 aliphatic heterocycles. The molecule has 0 saturated carbocycles. The average molecular weight is 428 g/mol. The second-order valence-electron chi connectivity index (χ2n) is 5.29. The fourth-order valence-electron chi connectivity index (χ4n) is 2.20. The van der Waals surface area contributed by atoms with E-state index in [2.05, 4.69) is 25.4 Å². The van der Waals surface area contributed by atoms with Crippen molar-refractivity contribution in [1.82, 2.24) is 29.3 Å². The molecule has 0 radical (unpaired) electrons. The lowest BCUT2D eigenvalue weighted by Crippen LogP contribution is -2.35. The van der Waals surface area contributed by atoms with Crippen molar-refractivity contribution in [2.75, 3.05) is 19.5 Å². The summed E-state index contributed by atoms with van der Waals surface area (Å²) in [6.45, 7) is 1.65. The average Bonchev–Trinajstić information content (AvgIpc) is 2.95. The van der Waals surface area contributed by atoms with Crippen LogP contribution in [0.3, 0.4) is 0 Å². The van der Waals surface area contributed by atoms with Gasteiger partial charge in [0.2, 0.25) is 22.7 Å². The number of halogens is 1. The van der Waals surface area contributed by atoms with Crippen molar-refractivity contribution in [1.29, 1.82) is 0 Å². The topological polar surface area (TPSA) is 150 Å². The highest BCUT2D eigenvalue weighted by Crippen LogP contribution is 2.23. The Balaban J connectivity index is 1.90. The standard InChI is InChI=1S/C14H14ClN7O5S/c1-7-6-10(27-3)18-13(16-7)19-14(23)21-28(24,25)12-11(15)17-8-4-5-9(26-2)20-22(8)12/h4-6H,1-3H3,(H2,16,18,19,21,23). The van der Waals surface area contributed by atoms with Crippen LogP contribution < -0.4 is 19.5 Å². The number of nitrogens with one attached hydrogen (secondary N) is 2. The summed E-state index contributed by atoms with van der Waals surface area (Å²) in [6, 6.07) is 3.37. The highest BCUT2D eigenvalue weighted by molar-refractivity contribution is 7.90. The molecule has 0 aliphatic rings. The van der Waals surface area contributed by atoms with Crippen molar-refractivity contribution in [2.24, 2.45) is 0 Å². The molecule has 2 N–H and O–H groups in total. The van der Waals surface area contributed by atoms with Crippen molar-refractivity contribution < 1.29 is 22.7 Å². The summed E-state index contributed by atoms with van der Waals surface area (Å²) in [5, 5.41) is 5.28.